The van der Waals surface area contributed by atoms with Crippen LogP contribution in [-0.2, 0) is 6.54 Å². The van der Waals surface area contributed by atoms with Gasteiger partial charge in [-0.15, -0.1) is 0 Å². The Kier molecular flexibility index (Phi) is 9.18. The molecule has 0 aliphatic carbocycles. The quantitative estimate of drug-likeness (QED) is 0.391. The Hall–Kier alpha value is -0.204. The molecule has 0 aromatic heterocycles. The minimum Gasteiger partial charge on any atom is -1.00 e. The Balaban J connectivity index is 0. The fourth-order valence-corrected chi connectivity index (χ4v) is 0.963. The number of benzene rings is 1. The molecule has 0 radical (unpaired) electrons. The molecular formula is C12H14ClMgN. The van der Waals surface area contributed by atoms with Crippen molar-refractivity contribution in [2.45, 2.75) is 25.9 Å². The number of halogens is 1. The zero-order chi connectivity index (χ0) is 9.73. The van der Waals surface area contributed by atoms with Crippen molar-refractivity contribution in [2.24, 2.45) is 0 Å². The third kappa shape index (κ3) is 6.80. The van der Waals surface area contributed by atoms with Crippen LogP contribution in [-0.4, -0.2) is 28.6 Å². The van der Waals surface area contributed by atoms with E-state index in [-0.39, 0.29) is 41.0 Å². The molecule has 3 heteroatoms. The van der Waals surface area contributed by atoms with Crippen LogP contribution in [0.1, 0.15) is 19.4 Å². The molecule has 0 aliphatic rings. The maximum Gasteiger partial charge on any atom is 2.00 e. The molecule has 1 aromatic rings. The van der Waals surface area contributed by atoms with Gasteiger partial charge in [-0.3, -0.25) is 0 Å². The first-order valence-electron chi connectivity index (χ1n) is 4.37. The van der Waals surface area contributed by atoms with Gasteiger partial charge in [0.05, 0.1) is 0 Å². The Bertz CT molecular complexity index is 303. The summed E-state index contributed by atoms with van der Waals surface area (Å²) in [6.07, 6.45) is 7.06. The summed E-state index contributed by atoms with van der Waals surface area (Å²) in [4.78, 5) is 0. The van der Waals surface area contributed by atoms with Crippen molar-refractivity contribution in [3.8, 4) is 5.92 Å². The normalized spacial score (nSPS) is 9.40. The Labute approximate surface area is 115 Å². The first-order chi connectivity index (χ1) is 6.14. The van der Waals surface area contributed by atoms with Crippen molar-refractivity contribution in [3.63, 3.8) is 0 Å². The summed E-state index contributed by atoms with van der Waals surface area (Å²) in [5.74, 6) is 2.45. The number of hydrogen-bond acceptors (Lipinski definition) is 1. The zero-order valence-electron chi connectivity index (χ0n) is 9.18. The first-order valence-corrected chi connectivity index (χ1v) is 4.37. The molecule has 0 heterocycles. The van der Waals surface area contributed by atoms with E-state index < -0.39 is 0 Å². The van der Waals surface area contributed by atoms with Crippen LogP contribution < -0.4 is 17.7 Å². The van der Waals surface area contributed by atoms with Crippen LogP contribution in [0.3, 0.4) is 0 Å². The van der Waals surface area contributed by atoms with Crippen LogP contribution in [0, 0.1) is 12.3 Å². The van der Waals surface area contributed by atoms with Gasteiger partial charge in [-0.05, 0) is 19.4 Å². The third-order valence-electron chi connectivity index (χ3n) is 1.89. The van der Waals surface area contributed by atoms with Crippen LogP contribution in [0.4, 0.5) is 0 Å². The minimum absolute atomic E-state index is 0. The molecule has 15 heavy (non-hydrogen) atoms. The van der Waals surface area contributed by atoms with Crippen LogP contribution in [0.2, 0.25) is 0 Å². The van der Waals surface area contributed by atoms with E-state index in [1.165, 1.54) is 5.56 Å². The van der Waals surface area contributed by atoms with Gasteiger partial charge in [0.2, 0.25) is 0 Å². The second-order valence-electron chi connectivity index (χ2n) is 3.59. The molecule has 76 valence electrons. The Morgan fingerprint density at radius 2 is 1.80 bits per heavy atom. The fraction of sp³-hybridized carbons (Fsp3) is 0.333. The molecule has 0 saturated carbocycles. The summed E-state index contributed by atoms with van der Waals surface area (Å²) in [6, 6.07) is 10.1. The minimum atomic E-state index is -0.337. The summed E-state index contributed by atoms with van der Waals surface area (Å²) < 4.78 is 0. The van der Waals surface area contributed by atoms with Gasteiger partial charge in [-0.25, -0.2) is 0 Å². The van der Waals surface area contributed by atoms with Gasteiger partial charge in [0.1, 0.15) is 0 Å². The summed E-state index contributed by atoms with van der Waals surface area (Å²) in [5, 5.41) is 3.23. The van der Waals surface area contributed by atoms with Crippen LogP contribution in [0.25, 0.3) is 0 Å². The van der Waals surface area contributed by atoms with Crippen molar-refractivity contribution in [1.29, 1.82) is 0 Å². The molecule has 0 atom stereocenters. The average molecular weight is 232 g/mol. The SMILES string of the molecule is [C-]#CC(C)(C)NCc1ccccc1.[Cl-].[Mg+2]. The summed E-state index contributed by atoms with van der Waals surface area (Å²) in [5.41, 5.74) is 0.890. The van der Waals surface area contributed by atoms with Crippen molar-refractivity contribution in [1.82, 2.24) is 5.32 Å². The summed E-state index contributed by atoms with van der Waals surface area (Å²) >= 11 is 0. The molecule has 0 aliphatic heterocycles. The fourth-order valence-electron chi connectivity index (χ4n) is 0.963. The molecule has 0 amide bonds. The van der Waals surface area contributed by atoms with Gasteiger partial charge in [-0.2, -0.15) is 0 Å². The van der Waals surface area contributed by atoms with E-state index >= 15 is 0 Å². The van der Waals surface area contributed by atoms with Crippen LogP contribution >= 0.6 is 0 Å². The predicted octanol–water partition coefficient (Wildman–Crippen LogP) is -1.23. The molecule has 0 fully saturated rings. The average Bonchev–Trinajstić information content (AvgIpc) is 2.17. The van der Waals surface area contributed by atoms with Gasteiger partial charge in [0.15, 0.2) is 0 Å². The molecule has 1 N–H and O–H groups in total. The summed E-state index contributed by atoms with van der Waals surface area (Å²) in [7, 11) is 0. The van der Waals surface area contributed by atoms with E-state index in [1.54, 1.807) is 0 Å². The maximum absolute atomic E-state index is 7.06. The van der Waals surface area contributed by atoms with E-state index in [4.69, 9.17) is 6.42 Å². The van der Waals surface area contributed by atoms with E-state index in [1.807, 2.05) is 32.0 Å². The smallest absolute Gasteiger partial charge is 1.00 e. The second-order valence-corrected chi connectivity index (χ2v) is 3.59. The third-order valence-corrected chi connectivity index (χ3v) is 1.89. The Morgan fingerprint density at radius 1 is 1.27 bits per heavy atom. The standard InChI is InChI=1S/C12H14N.ClH.Mg/c1-4-12(2,3)13-10-11-8-6-5-7-9-11;;/h5-9,13H,10H2,2-3H3;1H;/q-1;;+2/p-1. The Morgan fingerprint density at radius 3 is 2.27 bits per heavy atom. The van der Waals surface area contributed by atoms with Crippen LogP contribution in [0.15, 0.2) is 30.3 Å². The van der Waals surface area contributed by atoms with Gasteiger partial charge >= 0.3 is 23.1 Å². The predicted molar refractivity (Wildman–Crippen MR) is 60.2 cm³/mol. The molecule has 0 saturated heterocycles. The van der Waals surface area contributed by atoms with Gasteiger partial charge in [0, 0.05) is 12.1 Å². The molecule has 0 spiro atoms. The van der Waals surface area contributed by atoms with Gasteiger partial charge < -0.3 is 30.1 Å². The van der Waals surface area contributed by atoms with Crippen LogP contribution in [0.5, 0.6) is 0 Å². The molecule has 0 unspecified atom stereocenters. The van der Waals surface area contributed by atoms with Gasteiger partial charge in [-0.1, -0.05) is 30.3 Å². The van der Waals surface area contributed by atoms with E-state index in [0.717, 1.165) is 6.54 Å². The monoisotopic (exact) mass is 231 g/mol. The zero-order valence-corrected chi connectivity index (χ0v) is 11.3. The first kappa shape index (κ1) is 17.2. The van der Waals surface area contributed by atoms with Crippen molar-refractivity contribution >= 4 is 23.1 Å². The summed E-state index contributed by atoms with van der Waals surface area (Å²) in [6.45, 7) is 4.64. The van der Waals surface area contributed by atoms with Crippen molar-refractivity contribution in [2.75, 3.05) is 0 Å². The topological polar surface area (TPSA) is 12.0 Å². The van der Waals surface area contributed by atoms with Gasteiger partial charge in [0.25, 0.3) is 0 Å². The van der Waals surface area contributed by atoms with Crippen molar-refractivity contribution < 1.29 is 12.4 Å². The van der Waals surface area contributed by atoms with Crippen molar-refractivity contribution in [3.05, 3.63) is 42.3 Å². The molecule has 1 aromatic carbocycles. The molecule has 1 rings (SSSR count). The van der Waals surface area contributed by atoms with E-state index in [9.17, 15) is 0 Å². The molecular weight excluding hydrogens is 218 g/mol. The number of rotatable bonds is 3. The second kappa shape index (κ2) is 8.01. The maximum atomic E-state index is 7.06. The largest absolute Gasteiger partial charge is 2.00 e. The van der Waals surface area contributed by atoms with E-state index in [2.05, 4.69) is 23.4 Å². The molecule has 1 nitrogen and oxygen atoms in total. The number of nitrogens with one attached hydrogen (secondary N) is 1. The molecule has 0 bridgehead atoms. The van der Waals surface area contributed by atoms with E-state index in [0.29, 0.717) is 0 Å². The number of hydrogen-bond donors (Lipinski definition) is 1.